The molecule has 0 unspecified atom stereocenters. The molecule has 0 amide bonds. The van der Waals surface area contributed by atoms with Gasteiger partial charge in [0, 0.05) is 0 Å². The normalized spacial score (nSPS) is 44.7. The maximum absolute atomic E-state index is 10.7. The zero-order chi connectivity index (χ0) is 8.72. The summed E-state index contributed by atoms with van der Waals surface area (Å²) in [5.41, 5.74) is 0. The van der Waals surface area contributed by atoms with Crippen molar-refractivity contribution in [3.63, 3.8) is 0 Å². The van der Waals surface area contributed by atoms with Crippen LogP contribution in [0.15, 0.2) is 0 Å². The van der Waals surface area contributed by atoms with E-state index in [1.807, 2.05) is 0 Å². The highest BCUT2D eigenvalue weighted by atomic mass is 16.5. The predicted octanol–water partition coefficient (Wildman–Crippen LogP) is 0.0635. The Bertz CT molecular complexity index is 225. The molecule has 0 aromatic carbocycles. The summed E-state index contributed by atoms with van der Waals surface area (Å²) in [4.78, 5) is 21.3. The lowest BCUT2D eigenvalue weighted by atomic mass is 9.80. The molecule has 2 rings (SSSR count). The molecule has 2 fully saturated rings. The van der Waals surface area contributed by atoms with Gasteiger partial charge in [-0.05, 0) is 12.8 Å². The van der Waals surface area contributed by atoms with Crippen molar-refractivity contribution in [3.8, 4) is 0 Å². The maximum atomic E-state index is 10.7. The molecule has 0 saturated carbocycles. The van der Waals surface area contributed by atoms with E-state index in [-0.39, 0.29) is 12.2 Å². The lowest BCUT2D eigenvalue weighted by Gasteiger charge is -2.19. The molecule has 2 bridgehead atoms. The van der Waals surface area contributed by atoms with Gasteiger partial charge in [-0.2, -0.15) is 0 Å². The first-order valence-corrected chi connectivity index (χ1v) is 4.07. The molecule has 12 heavy (non-hydrogen) atoms. The third-order valence-electron chi connectivity index (χ3n) is 2.77. The topological polar surface area (TPSA) is 63.6 Å². The summed E-state index contributed by atoms with van der Waals surface area (Å²) in [6.07, 6.45) is 1.99. The van der Waals surface area contributed by atoms with Crippen molar-refractivity contribution in [2.45, 2.75) is 25.0 Å². The minimum Gasteiger partial charge on any atom is -0.481 e. The van der Waals surface area contributed by atoms with Crippen LogP contribution >= 0.6 is 0 Å². The van der Waals surface area contributed by atoms with Gasteiger partial charge in [0.15, 0.2) is 0 Å². The monoisotopic (exact) mass is 170 g/mol. The van der Waals surface area contributed by atoms with Crippen molar-refractivity contribution in [2.75, 3.05) is 0 Å². The van der Waals surface area contributed by atoms with Crippen LogP contribution in [0, 0.1) is 11.8 Å². The third-order valence-corrected chi connectivity index (χ3v) is 2.77. The van der Waals surface area contributed by atoms with Crippen molar-refractivity contribution in [3.05, 3.63) is 0 Å². The summed E-state index contributed by atoms with van der Waals surface area (Å²) in [7, 11) is 0. The number of carboxylic acids is 1. The first-order valence-electron chi connectivity index (χ1n) is 4.07. The highest BCUT2D eigenvalue weighted by molar-refractivity contribution is 5.77. The SMILES string of the molecule is O=C[C@@H]1[C@H](C(=O)O)[C@H]2CC[C@@H]1O2. The molecular formula is C8H10O4. The van der Waals surface area contributed by atoms with Crippen LogP contribution in [0.25, 0.3) is 0 Å². The van der Waals surface area contributed by atoms with E-state index in [9.17, 15) is 9.59 Å². The van der Waals surface area contributed by atoms with Crippen LogP contribution in [0.3, 0.4) is 0 Å². The van der Waals surface area contributed by atoms with E-state index in [2.05, 4.69) is 0 Å². The van der Waals surface area contributed by atoms with Gasteiger partial charge in [-0.15, -0.1) is 0 Å². The largest absolute Gasteiger partial charge is 0.481 e. The van der Waals surface area contributed by atoms with Gasteiger partial charge in [-0.3, -0.25) is 4.79 Å². The number of aliphatic carboxylic acids is 1. The fraction of sp³-hybridized carbons (Fsp3) is 0.750. The molecule has 0 aliphatic carbocycles. The van der Waals surface area contributed by atoms with Gasteiger partial charge < -0.3 is 14.6 Å². The Labute approximate surface area is 69.5 Å². The molecule has 0 aromatic heterocycles. The summed E-state index contributed by atoms with van der Waals surface area (Å²) < 4.78 is 5.34. The fourth-order valence-electron chi connectivity index (χ4n) is 2.21. The Hall–Kier alpha value is -0.900. The van der Waals surface area contributed by atoms with Gasteiger partial charge in [-0.1, -0.05) is 0 Å². The van der Waals surface area contributed by atoms with Gasteiger partial charge in [0.2, 0.25) is 0 Å². The van der Waals surface area contributed by atoms with E-state index in [0.717, 1.165) is 19.1 Å². The van der Waals surface area contributed by atoms with Crippen LogP contribution in [-0.2, 0) is 14.3 Å². The predicted molar refractivity (Wildman–Crippen MR) is 38.6 cm³/mol. The van der Waals surface area contributed by atoms with Crippen LogP contribution in [-0.4, -0.2) is 29.6 Å². The Morgan fingerprint density at radius 1 is 1.42 bits per heavy atom. The molecule has 2 aliphatic heterocycles. The number of carbonyl (C=O) groups is 2. The van der Waals surface area contributed by atoms with Crippen LogP contribution in [0.1, 0.15) is 12.8 Å². The van der Waals surface area contributed by atoms with Crippen molar-refractivity contribution >= 4 is 12.3 Å². The number of aldehydes is 1. The summed E-state index contributed by atoms with van der Waals surface area (Å²) in [6.45, 7) is 0. The quantitative estimate of drug-likeness (QED) is 0.595. The summed E-state index contributed by atoms with van der Waals surface area (Å²) in [6, 6.07) is 0. The molecular weight excluding hydrogens is 160 g/mol. The summed E-state index contributed by atoms with van der Waals surface area (Å²) in [5, 5.41) is 8.80. The molecule has 2 saturated heterocycles. The van der Waals surface area contributed by atoms with Crippen LogP contribution in [0.5, 0.6) is 0 Å². The fourth-order valence-corrected chi connectivity index (χ4v) is 2.21. The molecule has 0 aromatic rings. The molecule has 2 aliphatic rings. The minimum absolute atomic E-state index is 0.131. The number of carbonyl (C=O) groups excluding carboxylic acids is 1. The number of hydrogen-bond donors (Lipinski definition) is 1. The van der Waals surface area contributed by atoms with Gasteiger partial charge in [-0.25, -0.2) is 0 Å². The Kier molecular flexibility index (Phi) is 1.65. The van der Waals surface area contributed by atoms with Crippen LogP contribution in [0.2, 0.25) is 0 Å². The van der Waals surface area contributed by atoms with E-state index in [1.54, 1.807) is 0 Å². The number of fused-ring (bicyclic) bond motifs is 2. The van der Waals surface area contributed by atoms with Gasteiger partial charge >= 0.3 is 5.97 Å². The lowest BCUT2D eigenvalue weighted by molar-refractivity contribution is -0.145. The number of rotatable bonds is 2. The first kappa shape index (κ1) is 7.73. The van der Waals surface area contributed by atoms with Gasteiger partial charge in [0.1, 0.15) is 6.29 Å². The lowest BCUT2D eigenvalue weighted by Crippen LogP contribution is -2.34. The third kappa shape index (κ3) is 0.876. The maximum Gasteiger partial charge on any atom is 0.309 e. The van der Waals surface area contributed by atoms with Crippen molar-refractivity contribution < 1.29 is 19.4 Å². The highest BCUT2D eigenvalue weighted by Gasteiger charge is 2.52. The molecule has 66 valence electrons. The molecule has 4 nitrogen and oxygen atoms in total. The van der Waals surface area contributed by atoms with Gasteiger partial charge in [0.05, 0.1) is 24.0 Å². The summed E-state index contributed by atoms with van der Waals surface area (Å²) in [5.74, 6) is -1.92. The zero-order valence-corrected chi connectivity index (χ0v) is 6.47. The Morgan fingerprint density at radius 2 is 2.08 bits per heavy atom. The average Bonchev–Trinajstić information content (AvgIpc) is 2.60. The van der Waals surface area contributed by atoms with E-state index >= 15 is 0 Å². The summed E-state index contributed by atoms with van der Waals surface area (Å²) >= 11 is 0. The second kappa shape index (κ2) is 2.55. The molecule has 2 heterocycles. The Balaban J connectivity index is 2.21. The molecule has 4 heteroatoms. The van der Waals surface area contributed by atoms with E-state index in [4.69, 9.17) is 9.84 Å². The van der Waals surface area contributed by atoms with Crippen LogP contribution < -0.4 is 0 Å². The van der Waals surface area contributed by atoms with Crippen molar-refractivity contribution in [1.29, 1.82) is 0 Å². The minimum atomic E-state index is -0.903. The standard InChI is InChI=1S/C8H10O4/c9-3-4-5-1-2-6(12-5)7(4)8(10)11/h3-7H,1-2H2,(H,10,11)/t4-,5-,6+,7-/m0/s1. The second-order valence-corrected chi connectivity index (χ2v) is 3.37. The van der Waals surface area contributed by atoms with E-state index in [1.165, 1.54) is 0 Å². The number of ether oxygens (including phenoxy) is 1. The van der Waals surface area contributed by atoms with Crippen LogP contribution in [0.4, 0.5) is 0 Å². The Morgan fingerprint density at radius 3 is 2.58 bits per heavy atom. The van der Waals surface area contributed by atoms with Crippen molar-refractivity contribution in [2.24, 2.45) is 11.8 Å². The molecule has 4 atom stereocenters. The molecule has 0 spiro atoms. The highest BCUT2D eigenvalue weighted by Crippen LogP contribution is 2.42. The molecule has 1 N–H and O–H groups in total. The molecule has 0 radical (unpaired) electrons. The second-order valence-electron chi connectivity index (χ2n) is 3.37. The first-order chi connectivity index (χ1) is 5.74. The number of hydrogen-bond acceptors (Lipinski definition) is 3. The zero-order valence-electron chi connectivity index (χ0n) is 6.47. The smallest absolute Gasteiger partial charge is 0.309 e. The van der Waals surface area contributed by atoms with Gasteiger partial charge in [0.25, 0.3) is 0 Å². The van der Waals surface area contributed by atoms with Crippen molar-refractivity contribution in [1.82, 2.24) is 0 Å². The van der Waals surface area contributed by atoms with E-state index in [0.29, 0.717) is 0 Å². The average molecular weight is 170 g/mol. The van der Waals surface area contributed by atoms with E-state index < -0.39 is 17.8 Å². The number of carboxylic acid groups (broad SMARTS) is 1.